The van der Waals surface area contributed by atoms with Gasteiger partial charge in [-0.1, -0.05) is 6.92 Å². The summed E-state index contributed by atoms with van der Waals surface area (Å²) in [7, 11) is -7.69. The number of nitrogen functional groups attached to an aromatic ring is 2. The minimum absolute atomic E-state index is 0.00264. The van der Waals surface area contributed by atoms with Crippen LogP contribution >= 0.6 is 15.9 Å². The van der Waals surface area contributed by atoms with Gasteiger partial charge in [0.15, 0.2) is 35.0 Å². The molecule has 9 atom stereocenters. The van der Waals surface area contributed by atoms with Crippen molar-refractivity contribution in [1.29, 1.82) is 0 Å². The summed E-state index contributed by atoms with van der Waals surface area (Å²) in [5.41, 5.74) is 10.3. The number of H-pyrrole nitrogens is 1. The Morgan fingerprint density at radius 1 is 1.14 bits per heavy atom. The molecule has 0 saturated carbocycles. The Morgan fingerprint density at radius 3 is 2.58 bits per heavy atom. The highest BCUT2D eigenvalue weighted by Gasteiger charge is 2.52. The molecular formula is C21H27N10O10P2+. The molecular weight excluding hydrogens is 614 g/mol. The second-order valence-corrected chi connectivity index (χ2v) is 12.8. The van der Waals surface area contributed by atoms with Gasteiger partial charge < -0.3 is 35.5 Å². The number of ether oxygens (including phenoxy) is 2. The van der Waals surface area contributed by atoms with Crippen molar-refractivity contribution in [3.05, 3.63) is 29.3 Å². The average molecular weight is 641 g/mol. The fraction of sp³-hybridized carbons (Fsp3) is 0.524. The van der Waals surface area contributed by atoms with E-state index in [0.717, 1.165) is 0 Å². The van der Waals surface area contributed by atoms with Crippen molar-refractivity contribution < 1.29 is 42.5 Å². The summed E-state index contributed by atoms with van der Waals surface area (Å²) in [6.45, 7) is 0.697. The summed E-state index contributed by atoms with van der Waals surface area (Å²) in [6, 6.07) is 0. The Kier molecular flexibility index (Phi) is 7.74. The van der Waals surface area contributed by atoms with Crippen molar-refractivity contribution in [1.82, 2.24) is 39.0 Å². The molecule has 6 heterocycles. The fourth-order valence-corrected chi connectivity index (χ4v) is 7.58. The van der Waals surface area contributed by atoms with Gasteiger partial charge in [0.1, 0.15) is 29.8 Å². The normalized spacial score (nSPS) is 29.4. The lowest BCUT2D eigenvalue weighted by atomic mass is 10.0. The molecule has 2 unspecified atom stereocenters. The number of nitrogens with two attached hydrogens (primary N) is 2. The van der Waals surface area contributed by atoms with E-state index in [1.807, 2.05) is 0 Å². The maximum atomic E-state index is 13.7. The van der Waals surface area contributed by atoms with Crippen molar-refractivity contribution in [3.8, 4) is 0 Å². The van der Waals surface area contributed by atoms with Crippen molar-refractivity contribution in [2.45, 2.75) is 49.8 Å². The first kappa shape index (κ1) is 29.6. The number of nitrogens with zero attached hydrogens (tertiary/aromatic N) is 7. The summed E-state index contributed by atoms with van der Waals surface area (Å²) in [5.74, 6) is -0.643. The molecule has 0 radical (unpaired) electrons. The van der Waals surface area contributed by atoms with Gasteiger partial charge in [-0.3, -0.25) is 23.5 Å². The van der Waals surface area contributed by atoms with Crippen LogP contribution in [0.2, 0.25) is 0 Å². The molecule has 2 aliphatic heterocycles. The molecule has 8 N–H and O–H groups in total. The van der Waals surface area contributed by atoms with Crippen LogP contribution in [0, 0.1) is 5.92 Å². The molecule has 0 spiro atoms. The Balaban J connectivity index is 1.26. The van der Waals surface area contributed by atoms with E-state index in [9.17, 15) is 28.8 Å². The molecule has 6 rings (SSSR count). The van der Waals surface area contributed by atoms with E-state index in [1.165, 1.54) is 23.5 Å². The molecule has 2 fully saturated rings. The van der Waals surface area contributed by atoms with Crippen LogP contribution in [0.1, 0.15) is 25.8 Å². The van der Waals surface area contributed by atoms with Gasteiger partial charge in [-0.15, -0.1) is 9.42 Å². The van der Waals surface area contributed by atoms with Gasteiger partial charge in [0.05, 0.1) is 32.0 Å². The van der Waals surface area contributed by atoms with E-state index >= 15 is 0 Å². The largest absolute Gasteiger partial charge is 0.695 e. The van der Waals surface area contributed by atoms with E-state index in [-0.39, 0.29) is 29.4 Å². The van der Waals surface area contributed by atoms with Crippen LogP contribution < -0.4 is 17.0 Å². The minimum atomic E-state index is -4.60. The second-order valence-electron chi connectivity index (χ2n) is 10.1. The molecule has 2 aliphatic rings. The molecule has 22 heteroatoms. The highest BCUT2D eigenvalue weighted by atomic mass is 31.2. The molecule has 0 aliphatic carbocycles. The van der Waals surface area contributed by atoms with E-state index in [2.05, 4.69) is 29.9 Å². The number of aliphatic hydroxyl groups excluding tert-OH is 1. The van der Waals surface area contributed by atoms with Gasteiger partial charge in [-0.05, 0) is 6.42 Å². The number of rotatable bonds is 9. The average Bonchev–Trinajstić information content (AvgIpc) is 3.73. The summed E-state index contributed by atoms with van der Waals surface area (Å²) in [6.07, 6.45) is -1.25. The van der Waals surface area contributed by atoms with E-state index in [1.54, 1.807) is 11.5 Å². The lowest BCUT2D eigenvalue weighted by Crippen LogP contribution is -2.31. The SMILES string of the molecule is C[C@H]1[C@H](O[P+](=O)O)[C@@H](COP(=O)(O)[C@@H]2C[C@@H](CO)O[C@H]2n2cnc3c(=O)[nH]c(N)nc32)O[C@H]1n1cnc2c(N)ncnc21. The number of aromatic nitrogens is 8. The van der Waals surface area contributed by atoms with Gasteiger partial charge in [0, 0.05) is 10.5 Å². The van der Waals surface area contributed by atoms with Crippen LogP contribution in [0.25, 0.3) is 22.3 Å². The number of anilines is 2. The smallest absolute Gasteiger partial charge is 0.394 e. The number of imidazole rings is 2. The number of aliphatic hydroxyl groups is 1. The monoisotopic (exact) mass is 641 g/mol. The number of hydrogen-bond donors (Lipinski definition) is 6. The van der Waals surface area contributed by atoms with Crippen LogP contribution in [0.15, 0.2) is 23.8 Å². The fourth-order valence-electron chi connectivity index (χ4n) is 5.46. The molecule has 230 valence electrons. The van der Waals surface area contributed by atoms with Crippen LogP contribution in [-0.2, 0) is 27.7 Å². The third-order valence-corrected chi connectivity index (χ3v) is 9.71. The molecule has 43 heavy (non-hydrogen) atoms. The van der Waals surface area contributed by atoms with E-state index in [4.69, 9.17) is 30.0 Å². The number of aromatic amines is 1. The van der Waals surface area contributed by atoms with E-state index < -0.39 is 77.0 Å². The summed E-state index contributed by atoms with van der Waals surface area (Å²) >= 11 is 0. The Hall–Kier alpha value is -3.45. The first-order valence-corrected chi connectivity index (χ1v) is 15.6. The van der Waals surface area contributed by atoms with Gasteiger partial charge >= 0.3 is 15.9 Å². The zero-order chi connectivity index (χ0) is 30.6. The zero-order valence-corrected chi connectivity index (χ0v) is 24.1. The topological polar surface area (TPSA) is 291 Å². The molecule has 4 aromatic rings. The Bertz CT molecular complexity index is 1800. The highest BCUT2D eigenvalue weighted by molar-refractivity contribution is 7.53. The second kappa shape index (κ2) is 11.2. The number of fused-ring (bicyclic) bond motifs is 2. The van der Waals surface area contributed by atoms with Crippen molar-refractivity contribution in [2.24, 2.45) is 5.92 Å². The quantitative estimate of drug-likeness (QED) is 0.126. The van der Waals surface area contributed by atoms with Crippen LogP contribution in [0.4, 0.5) is 11.8 Å². The van der Waals surface area contributed by atoms with E-state index in [0.29, 0.717) is 11.2 Å². The standard InChI is InChI=1S/C21H26N10O10P2/c1-8-14(41-42(34)35)10(40-19(8)30-6-26-12-15(22)24-5-25-16(12)30)4-38-43(36,37)11-2-9(3-32)39-20(11)31-7-27-13-17(31)28-21(23)29-18(13)33/h5-11,14,19-20,32H,2-4H2,1H3,(H6-,22,23,24,25,28,29,33,34,35,36,37)/p+1/t8-,9-,10+,11+,14-,19+,20+/m0/s1. The van der Waals surface area contributed by atoms with Crippen molar-refractivity contribution in [3.63, 3.8) is 0 Å². The number of hydrogen-bond acceptors (Lipinski definition) is 15. The predicted octanol–water partition coefficient (Wildman–Crippen LogP) is -0.457. The number of nitrogens with one attached hydrogen (secondary N) is 1. The van der Waals surface area contributed by atoms with Gasteiger partial charge in [-0.2, -0.15) is 4.98 Å². The van der Waals surface area contributed by atoms with Crippen LogP contribution in [-0.4, -0.2) is 91.1 Å². The summed E-state index contributed by atoms with van der Waals surface area (Å²) < 4.78 is 51.0. The molecule has 2 saturated heterocycles. The first-order valence-electron chi connectivity index (χ1n) is 12.9. The van der Waals surface area contributed by atoms with Crippen LogP contribution in [0.3, 0.4) is 0 Å². The summed E-state index contributed by atoms with van der Waals surface area (Å²) in [5, 5.41) is 9.76. The maximum absolute atomic E-state index is 13.7. The minimum Gasteiger partial charge on any atom is -0.394 e. The first-order chi connectivity index (χ1) is 20.5. The van der Waals surface area contributed by atoms with Crippen molar-refractivity contribution in [2.75, 3.05) is 24.7 Å². The van der Waals surface area contributed by atoms with Gasteiger partial charge in [0.2, 0.25) is 5.95 Å². The lowest BCUT2D eigenvalue weighted by Gasteiger charge is -2.25. The molecule has 0 bridgehead atoms. The zero-order valence-electron chi connectivity index (χ0n) is 22.3. The molecule has 0 aromatic carbocycles. The van der Waals surface area contributed by atoms with Crippen LogP contribution in [0.5, 0.6) is 0 Å². The molecule has 20 nitrogen and oxygen atoms in total. The van der Waals surface area contributed by atoms with Crippen molar-refractivity contribution >= 4 is 49.9 Å². The third-order valence-electron chi connectivity index (χ3n) is 7.46. The molecule has 4 aromatic heterocycles. The maximum Gasteiger partial charge on any atom is 0.695 e. The summed E-state index contributed by atoms with van der Waals surface area (Å²) in [4.78, 5) is 55.7. The molecule has 0 amide bonds. The van der Waals surface area contributed by atoms with Gasteiger partial charge in [-0.25, -0.2) is 19.9 Å². The predicted molar refractivity (Wildman–Crippen MR) is 145 cm³/mol. The lowest BCUT2D eigenvalue weighted by molar-refractivity contribution is -0.0403. The Morgan fingerprint density at radius 2 is 1.86 bits per heavy atom. The van der Waals surface area contributed by atoms with Gasteiger partial charge in [0.25, 0.3) is 5.56 Å². The Labute approximate surface area is 241 Å². The third kappa shape index (κ3) is 5.30. The highest BCUT2D eigenvalue weighted by Crippen LogP contribution is 2.57.